The lowest BCUT2D eigenvalue weighted by molar-refractivity contribution is -0.134. The van der Waals surface area contributed by atoms with Crippen molar-refractivity contribution in [2.45, 2.75) is 19.8 Å². The van der Waals surface area contributed by atoms with Gasteiger partial charge in [0.25, 0.3) is 0 Å². The van der Waals surface area contributed by atoms with Gasteiger partial charge in [0.1, 0.15) is 5.71 Å². The molecule has 0 aromatic rings. The van der Waals surface area contributed by atoms with Gasteiger partial charge in [-0.2, -0.15) is 0 Å². The number of terminal acetylenes is 1. The summed E-state index contributed by atoms with van der Waals surface area (Å²) in [6.07, 6.45) is 6.07. The maximum absolute atomic E-state index is 10.7. The molecule has 1 N–H and O–H groups in total. The molecule has 0 atom stereocenters. The Hall–Kier alpha value is -1.30. The highest BCUT2D eigenvalue weighted by atomic mass is 16.5. The topological polar surface area (TPSA) is 50.2 Å². The van der Waals surface area contributed by atoms with Gasteiger partial charge in [-0.15, -0.1) is 6.42 Å². The molecule has 0 spiro atoms. The van der Waals surface area contributed by atoms with Crippen molar-refractivity contribution in [2.75, 3.05) is 6.61 Å². The van der Waals surface area contributed by atoms with E-state index in [9.17, 15) is 4.79 Å². The van der Waals surface area contributed by atoms with E-state index in [2.05, 4.69) is 10.7 Å². The van der Waals surface area contributed by atoms with Crippen LogP contribution in [0.5, 0.6) is 0 Å². The molecule has 3 nitrogen and oxygen atoms in total. The molecule has 0 aromatic heterocycles. The van der Waals surface area contributed by atoms with Crippen LogP contribution in [-0.2, 0) is 9.53 Å². The Balaban J connectivity index is 3.67. The first-order valence-corrected chi connectivity index (χ1v) is 3.40. The minimum absolute atomic E-state index is 0.0113. The van der Waals surface area contributed by atoms with E-state index in [0.29, 0.717) is 6.42 Å². The highest BCUT2D eigenvalue weighted by Gasteiger charge is 2.07. The molecule has 0 saturated heterocycles. The van der Waals surface area contributed by atoms with Gasteiger partial charge in [-0.05, 0) is 6.42 Å². The first-order chi connectivity index (χ1) is 5.22. The maximum atomic E-state index is 10.7. The first-order valence-electron chi connectivity index (χ1n) is 3.40. The average molecular weight is 153 g/mol. The lowest BCUT2D eigenvalue weighted by Gasteiger charge is -1.99. The third kappa shape index (κ3) is 4.15. The molecule has 0 heterocycles. The molecule has 11 heavy (non-hydrogen) atoms. The van der Waals surface area contributed by atoms with E-state index in [1.54, 1.807) is 0 Å². The molecular formula is C8H11NO2. The molecule has 0 amide bonds. The second-order valence-corrected chi connectivity index (χ2v) is 2.01. The lowest BCUT2D eigenvalue weighted by Crippen LogP contribution is -2.16. The third-order valence-corrected chi connectivity index (χ3v) is 1.03. The molecule has 0 aromatic carbocycles. The van der Waals surface area contributed by atoms with Crippen LogP contribution in [0, 0.1) is 17.8 Å². The van der Waals surface area contributed by atoms with E-state index < -0.39 is 5.97 Å². The molecule has 0 rings (SSSR count). The Kier molecular flexibility index (Phi) is 4.83. The third-order valence-electron chi connectivity index (χ3n) is 1.03. The van der Waals surface area contributed by atoms with E-state index in [1.165, 1.54) is 0 Å². The molecular weight excluding hydrogens is 142 g/mol. The molecule has 0 aliphatic rings. The van der Waals surface area contributed by atoms with Crippen LogP contribution in [0.4, 0.5) is 0 Å². The van der Waals surface area contributed by atoms with Gasteiger partial charge in [-0.25, -0.2) is 4.79 Å². The highest BCUT2D eigenvalue weighted by Crippen LogP contribution is 1.91. The van der Waals surface area contributed by atoms with E-state index in [0.717, 1.165) is 6.42 Å². The van der Waals surface area contributed by atoms with E-state index in [1.807, 2.05) is 6.92 Å². The average Bonchev–Trinajstić information content (AvgIpc) is 2.00. The van der Waals surface area contributed by atoms with Crippen molar-refractivity contribution in [3.8, 4) is 12.3 Å². The Bertz CT molecular complexity index is 191. The van der Waals surface area contributed by atoms with Gasteiger partial charge in [0, 0.05) is 0 Å². The number of hydrogen-bond donors (Lipinski definition) is 1. The summed E-state index contributed by atoms with van der Waals surface area (Å²) in [6.45, 7) is 1.84. The Labute approximate surface area is 66.3 Å². The predicted octanol–water partition coefficient (Wildman–Crippen LogP) is 0.983. The van der Waals surface area contributed by atoms with Gasteiger partial charge < -0.3 is 4.74 Å². The molecule has 0 bridgehead atoms. The molecule has 0 saturated carbocycles. The van der Waals surface area contributed by atoms with Gasteiger partial charge in [-0.1, -0.05) is 19.3 Å². The molecule has 0 radical (unpaired) electrons. The number of carbonyl (C=O) groups is 1. The summed E-state index contributed by atoms with van der Waals surface area (Å²) in [7, 11) is 0. The fraction of sp³-hybridized carbons (Fsp3) is 0.500. The zero-order valence-electron chi connectivity index (χ0n) is 6.52. The SMILES string of the molecule is C#CCOC(=O)C(=N)CCC. The number of hydrogen-bond acceptors (Lipinski definition) is 3. The van der Waals surface area contributed by atoms with Gasteiger partial charge in [0.05, 0.1) is 0 Å². The number of nitrogens with one attached hydrogen (secondary N) is 1. The summed E-state index contributed by atoms with van der Waals surface area (Å²) in [5.41, 5.74) is -0.0113. The predicted molar refractivity (Wildman–Crippen MR) is 42.4 cm³/mol. The summed E-state index contributed by atoms with van der Waals surface area (Å²) in [5, 5.41) is 7.13. The molecule has 0 unspecified atom stereocenters. The van der Waals surface area contributed by atoms with Crippen molar-refractivity contribution in [1.82, 2.24) is 0 Å². The Morgan fingerprint density at radius 3 is 2.82 bits per heavy atom. The van der Waals surface area contributed by atoms with Crippen LogP contribution in [0.3, 0.4) is 0 Å². The van der Waals surface area contributed by atoms with Crippen molar-refractivity contribution in [3.05, 3.63) is 0 Å². The van der Waals surface area contributed by atoms with Crippen LogP contribution < -0.4 is 0 Å². The normalized spacial score (nSPS) is 8.36. The fourth-order valence-electron chi connectivity index (χ4n) is 0.546. The first kappa shape index (κ1) is 9.70. The second kappa shape index (κ2) is 5.48. The number of ether oxygens (including phenoxy) is 1. The largest absolute Gasteiger partial charge is 0.448 e. The van der Waals surface area contributed by atoms with Gasteiger partial charge in [-0.3, -0.25) is 5.41 Å². The molecule has 3 heteroatoms. The van der Waals surface area contributed by atoms with Crippen molar-refractivity contribution < 1.29 is 9.53 Å². The van der Waals surface area contributed by atoms with Crippen molar-refractivity contribution >= 4 is 11.7 Å². The summed E-state index contributed by atoms with van der Waals surface area (Å²) < 4.78 is 4.51. The van der Waals surface area contributed by atoms with Crippen molar-refractivity contribution in [3.63, 3.8) is 0 Å². The van der Waals surface area contributed by atoms with Crippen LogP contribution in [0.25, 0.3) is 0 Å². The standard InChI is InChI=1S/C8H11NO2/c1-3-5-7(9)8(10)11-6-4-2/h2,9H,3,5-6H2,1H3. The lowest BCUT2D eigenvalue weighted by atomic mass is 10.2. The summed E-state index contributed by atoms with van der Waals surface area (Å²) in [6, 6.07) is 0. The Morgan fingerprint density at radius 1 is 1.73 bits per heavy atom. The Morgan fingerprint density at radius 2 is 2.36 bits per heavy atom. The zero-order chi connectivity index (χ0) is 8.69. The van der Waals surface area contributed by atoms with Gasteiger partial charge >= 0.3 is 5.97 Å². The minimum atomic E-state index is -0.607. The zero-order valence-corrected chi connectivity index (χ0v) is 6.52. The summed E-state index contributed by atoms with van der Waals surface area (Å²) in [5.74, 6) is 1.55. The highest BCUT2D eigenvalue weighted by molar-refractivity contribution is 6.35. The van der Waals surface area contributed by atoms with Crippen molar-refractivity contribution in [2.24, 2.45) is 0 Å². The van der Waals surface area contributed by atoms with Crippen LogP contribution in [0.2, 0.25) is 0 Å². The minimum Gasteiger partial charge on any atom is -0.448 e. The number of carbonyl (C=O) groups excluding carboxylic acids is 1. The smallest absolute Gasteiger partial charge is 0.352 e. The van der Waals surface area contributed by atoms with Crippen molar-refractivity contribution in [1.29, 1.82) is 5.41 Å². The molecule has 60 valence electrons. The fourth-order valence-corrected chi connectivity index (χ4v) is 0.546. The molecule has 0 aliphatic carbocycles. The van der Waals surface area contributed by atoms with E-state index >= 15 is 0 Å². The van der Waals surface area contributed by atoms with Crippen LogP contribution in [-0.4, -0.2) is 18.3 Å². The van der Waals surface area contributed by atoms with Crippen LogP contribution >= 0.6 is 0 Å². The number of rotatable bonds is 4. The number of esters is 1. The van der Waals surface area contributed by atoms with Gasteiger partial charge in [0.15, 0.2) is 6.61 Å². The summed E-state index contributed by atoms with van der Waals surface area (Å²) in [4.78, 5) is 10.7. The molecule has 0 aliphatic heterocycles. The summed E-state index contributed by atoms with van der Waals surface area (Å²) >= 11 is 0. The van der Waals surface area contributed by atoms with E-state index in [-0.39, 0.29) is 12.3 Å². The van der Waals surface area contributed by atoms with Crippen LogP contribution in [0.15, 0.2) is 0 Å². The maximum Gasteiger partial charge on any atom is 0.352 e. The quantitative estimate of drug-likeness (QED) is 0.372. The molecule has 0 fully saturated rings. The van der Waals surface area contributed by atoms with Crippen LogP contribution in [0.1, 0.15) is 19.8 Å². The monoisotopic (exact) mass is 153 g/mol. The second-order valence-electron chi connectivity index (χ2n) is 2.01. The van der Waals surface area contributed by atoms with E-state index in [4.69, 9.17) is 11.8 Å². The van der Waals surface area contributed by atoms with Gasteiger partial charge in [0.2, 0.25) is 0 Å².